The molecule has 0 bridgehead atoms. The predicted octanol–water partition coefficient (Wildman–Crippen LogP) is 19.0. The van der Waals surface area contributed by atoms with E-state index in [0.29, 0.717) is 21.6 Å². The lowest BCUT2D eigenvalue weighted by Gasteiger charge is -2.17. The van der Waals surface area contributed by atoms with Gasteiger partial charge in [0.2, 0.25) is 0 Å². The molecule has 0 fully saturated rings. The van der Waals surface area contributed by atoms with Crippen LogP contribution in [0.15, 0.2) is 35.0 Å². The maximum Gasteiger partial charge on any atom is 0.143 e. The molecule has 0 aliphatic carbocycles. The SMILES string of the molecule is CCCCCCCCC(CCCCCC)Cc1ccsc1-c1cc(F)c(-c2sc(-c3sccc3CC(CCCCCC)CCCCCCCC)cc2F)s1. The van der Waals surface area contributed by atoms with Crippen LogP contribution in [-0.4, -0.2) is 0 Å². The van der Waals surface area contributed by atoms with Gasteiger partial charge in [-0.2, -0.15) is 0 Å². The van der Waals surface area contributed by atoms with Gasteiger partial charge in [-0.15, -0.1) is 45.3 Å². The van der Waals surface area contributed by atoms with E-state index in [2.05, 4.69) is 50.6 Å². The zero-order chi connectivity index (χ0) is 38.4. The molecule has 302 valence electrons. The Hall–Kier alpha value is -1.34. The fourth-order valence-electron chi connectivity index (χ4n) is 8.16. The Bertz CT molecular complexity index is 1420. The van der Waals surface area contributed by atoms with Crippen LogP contribution in [0.3, 0.4) is 0 Å². The van der Waals surface area contributed by atoms with Gasteiger partial charge in [-0.25, -0.2) is 8.78 Å². The van der Waals surface area contributed by atoms with E-state index < -0.39 is 0 Å². The van der Waals surface area contributed by atoms with E-state index in [1.165, 1.54) is 198 Å². The summed E-state index contributed by atoms with van der Waals surface area (Å²) < 4.78 is 31.7. The van der Waals surface area contributed by atoms with E-state index in [9.17, 15) is 0 Å². The third-order valence-corrected chi connectivity index (χ3v) is 16.1. The highest BCUT2D eigenvalue weighted by Gasteiger charge is 2.24. The summed E-state index contributed by atoms with van der Waals surface area (Å²) >= 11 is 6.32. The van der Waals surface area contributed by atoms with Gasteiger partial charge in [0.05, 0.1) is 9.75 Å². The van der Waals surface area contributed by atoms with E-state index in [4.69, 9.17) is 0 Å². The molecule has 54 heavy (non-hydrogen) atoms. The van der Waals surface area contributed by atoms with Gasteiger partial charge in [0, 0.05) is 19.5 Å². The molecule has 0 aromatic carbocycles. The fraction of sp³-hybridized carbons (Fsp3) is 0.667. The molecule has 0 aliphatic heterocycles. The van der Waals surface area contributed by atoms with E-state index in [1.807, 2.05) is 0 Å². The summed E-state index contributed by atoms with van der Waals surface area (Å²) in [5, 5.41) is 4.35. The first-order chi connectivity index (χ1) is 26.5. The van der Waals surface area contributed by atoms with Crippen LogP contribution in [0.4, 0.5) is 8.78 Å². The molecule has 4 heterocycles. The number of halogens is 2. The van der Waals surface area contributed by atoms with Gasteiger partial charge < -0.3 is 0 Å². The highest BCUT2D eigenvalue weighted by Crippen LogP contribution is 2.47. The largest absolute Gasteiger partial charge is 0.205 e. The second-order valence-electron chi connectivity index (χ2n) is 16.1. The topological polar surface area (TPSA) is 0 Å². The normalized spacial score (nSPS) is 12.9. The standard InChI is InChI=1S/C48H72F2S4/c1-5-9-13-17-19-23-27-37(25-21-15-11-7-3)33-39-29-31-51-45(39)43-35-41(49)47(53-43)48-42(50)36-44(54-48)46-40(30-32-52-46)34-38(26-22-16-12-8-4)28-24-20-18-14-10-6-2/h29-32,35-38H,5-28,33-34H2,1-4H3. The summed E-state index contributed by atoms with van der Waals surface area (Å²) in [6, 6.07) is 7.90. The highest BCUT2D eigenvalue weighted by molar-refractivity contribution is 7.28. The first-order valence-electron chi connectivity index (χ1n) is 22.2. The third-order valence-electron chi connectivity index (χ3n) is 11.4. The molecule has 6 heteroatoms. The molecule has 0 N–H and O–H groups in total. The smallest absolute Gasteiger partial charge is 0.143 e. The van der Waals surface area contributed by atoms with Crippen LogP contribution in [0.25, 0.3) is 29.3 Å². The van der Waals surface area contributed by atoms with Crippen molar-refractivity contribution in [2.24, 2.45) is 11.8 Å². The average molecular weight is 815 g/mol. The zero-order valence-corrected chi connectivity index (χ0v) is 37.7. The Morgan fingerprint density at radius 2 is 0.741 bits per heavy atom. The molecule has 0 spiro atoms. The summed E-state index contributed by atoms with van der Waals surface area (Å²) in [6.45, 7) is 9.13. The molecular formula is C48H72F2S4. The first-order valence-corrected chi connectivity index (χ1v) is 25.6. The zero-order valence-electron chi connectivity index (χ0n) is 34.4. The molecule has 4 aromatic heterocycles. The monoisotopic (exact) mass is 814 g/mol. The molecule has 0 radical (unpaired) electrons. The Kier molecular flexibility index (Phi) is 22.3. The molecule has 0 aliphatic rings. The molecule has 4 aromatic rings. The maximum atomic E-state index is 15.8. The summed E-state index contributed by atoms with van der Waals surface area (Å²) in [5.41, 5.74) is 2.69. The summed E-state index contributed by atoms with van der Waals surface area (Å²) in [7, 11) is 0. The molecule has 0 amide bonds. The Labute approximate surface area is 345 Å². The Balaban J connectivity index is 1.46. The van der Waals surface area contributed by atoms with E-state index in [0.717, 1.165) is 22.6 Å². The summed E-state index contributed by atoms with van der Waals surface area (Å²) in [5.74, 6) is 0.763. The van der Waals surface area contributed by atoms with E-state index in [-0.39, 0.29) is 11.6 Å². The van der Waals surface area contributed by atoms with Crippen molar-refractivity contribution in [2.45, 2.75) is 195 Å². The van der Waals surface area contributed by atoms with Crippen molar-refractivity contribution in [1.29, 1.82) is 0 Å². The van der Waals surface area contributed by atoms with Crippen molar-refractivity contribution in [3.63, 3.8) is 0 Å². The first kappa shape index (κ1) is 45.4. The van der Waals surface area contributed by atoms with Crippen molar-refractivity contribution < 1.29 is 8.78 Å². The summed E-state index contributed by atoms with van der Waals surface area (Å²) in [4.78, 5) is 5.17. The van der Waals surface area contributed by atoms with Crippen molar-refractivity contribution in [2.75, 3.05) is 0 Å². The maximum absolute atomic E-state index is 15.8. The molecule has 2 unspecified atom stereocenters. The number of hydrogen-bond donors (Lipinski definition) is 0. The molecule has 0 nitrogen and oxygen atoms in total. The van der Waals surface area contributed by atoms with Crippen molar-refractivity contribution in [3.8, 4) is 29.3 Å². The van der Waals surface area contributed by atoms with Crippen molar-refractivity contribution in [1.82, 2.24) is 0 Å². The van der Waals surface area contributed by atoms with E-state index in [1.54, 1.807) is 34.8 Å². The number of hydrogen-bond acceptors (Lipinski definition) is 4. The molecule has 4 rings (SSSR count). The quantitative estimate of drug-likeness (QED) is 0.0444. The Morgan fingerprint density at radius 1 is 0.426 bits per heavy atom. The molecular weight excluding hydrogens is 743 g/mol. The lowest BCUT2D eigenvalue weighted by molar-refractivity contribution is 0.403. The van der Waals surface area contributed by atoms with E-state index >= 15 is 8.78 Å². The van der Waals surface area contributed by atoms with Crippen LogP contribution in [0.5, 0.6) is 0 Å². The van der Waals surface area contributed by atoms with Crippen LogP contribution in [0.1, 0.15) is 193 Å². The number of unbranched alkanes of at least 4 members (excludes halogenated alkanes) is 16. The minimum Gasteiger partial charge on any atom is -0.205 e. The van der Waals surface area contributed by atoms with Gasteiger partial charge in [-0.3, -0.25) is 0 Å². The Morgan fingerprint density at radius 3 is 1.09 bits per heavy atom. The van der Waals surface area contributed by atoms with Crippen molar-refractivity contribution >= 4 is 45.3 Å². The van der Waals surface area contributed by atoms with Gasteiger partial charge in [0.1, 0.15) is 11.6 Å². The van der Waals surface area contributed by atoms with Crippen LogP contribution in [0, 0.1) is 23.5 Å². The molecule has 0 saturated heterocycles. The summed E-state index contributed by atoms with van der Waals surface area (Å²) in [6.07, 6.45) is 33.7. The van der Waals surface area contributed by atoms with Gasteiger partial charge in [0.25, 0.3) is 0 Å². The minimum absolute atomic E-state index is 0.290. The van der Waals surface area contributed by atoms with Crippen LogP contribution >= 0.6 is 45.3 Å². The number of thiophene rings is 4. The lowest BCUT2D eigenvalue weighted by atomic mass is 9.89. The third kappa shape index (κ3) is 15.2. The highest BCUT2D eigenvalue weighted by atomic mass is 32.1. The second-order valence-corrected chi connectivity index (χ2v) is 20.0. The van der Waals surface area contributed by atoms with Crippen LogP contribution in [0.2, 0.25) is 0 Å². The van der Waals surface area contributed by atoms with Crippen molar-refractivity contribution in [3.05, 3.63) is 57.8 Å². The molecule has 2 atom stereocenters. The predicted molar refractivity (Wildman–Crippen MR) is 242 cm³/mol. The van der Waals surface area contributed by atoms with Crippen LogP contribution < -0.4 is 0 Å². The lowest BCUT2D eigenvalue weighted by Crippen LogP contribution is -2.05. The average Bonchev–Trinajstić information content (AvgIpc) is 3.98. The molecule has 0 saturated carbocycles. The van der Waals surface area contributed by atoms with Gasteiger partial charge in [0.15, 0.2) is 0 Å². The second kappa shape index (κ2) is 26.6. The minimum atomic E-state index is -0.290. The van der Waals surface area contributed by atoms with Gasteiger partial charge in [-0.05, 0) is 70.8 Å². The van der Waals surface area contributed by atoms with Gasteiger partial charge in [-0.1, -0.05) is 182 Å². The number of rotatable bonds is 31. The fourth-order valence-corrected chi connectivity index (χ4v) is 12.5. The van der Waals surface area contributed by atoms with Crippen LogP contribution in [-0.2, 0) is 12.8 Å². The van der Waals surface area contributed by atoms with Gasteiger partial charge >= 0.3 is 0 Å².